The minimum atomic E-state index is -2.16. The molecule has 0 aromatic heterocycles. The third kappa shape index (κ3) is 10.9. The summed E-state index contributed by atoms with van der Waals surface area (Å²) in [6.45, 7) is 10.9. The summed E-state index contributed by atoms with van der Waals surface area (Å²) in [6.07, 6.45) is 2.93. The second-order valence-electron chi connectivity index (χ2n) is 11.3. The molecule has 0 saturated heterocycles. The molecular formula is C29H43NO9. The van der Waals surface area contributed by atoms with Crippen molar-refractivity contribution < 1.29 is 43.2 Å². The van der Waals surface area contributed by atoms with Gasteiger partial charge in [0.25, 0.3) is 5.72 Å². The van der Waals surface area contributed by atoms with E-state index in [2.05, 4.69) is 5.32 Å². The van der Waals surface area contributed by atoms with Crippen molar-refractivity contribution in [2.75, 3.05) is 0 Å². The molecule has 1 aliphatic rings. The van der Waals surface area contributed by atoms with Gasteiger partial charge in [-0.15, -0.1) is 0 Å². The van der Waals surface area contributed by atoms with E-state index in [1.807, 2.05) is 27.7 Å². The zero-order chi connectivity index (χ0) is 29.2. The molecule has 10 heteroatoms. The van der Waals surface area contributed by atoms with Gasteiger partial charge in [0.15, 0.2) is 11.5 Å². The standard InChI is InChI=1S/C29H43NO9/c1-18(2)14-25(31)37-23-13-12-21(16-24(23)38-26(32)15-19(3)4)17-29(27(33)34,30-20(5)6)39-28(35)36-22-10-8-7-9-11-22/h12-13,16,18-20,22,30H,7-11,14-15,17H2,1-6H3,(H,33,34)/t29-/m0/s1. The maximum Gasteiger partial charge on any atom is 0.510 e. The largest absolute Gasteiger partial charge is 0.510 e. The summed E-state index contributed by atoms with van der Waals surface area (Å²) in [6, 6.07) is 4.02. The number of esters is 2. The number of rotatable bonds is 13. The van der Waals surface area contributed by atoms with E-state index in [1.54, 1.807) is 13.8 Å². The number of aliphatic carboxylic acids is 1. The van der Waals surface area contributed by atoms with Crippen LogP contribution in [0.25, 0.3) is 0 Å². The number of carboxylic acids is 1. The normalized spacial score (nSPS) is 15.6. The van der Waals surface area contributed by atoms with Crippen molar-refractivity contribution in [3.05, 3.63) is 23.8 Å². The van der Waals surface area contributed by atoms with Gasteiger partial charge >= 0.3 is 24.1 Å². The number of ether oxygens (including phenoxy) is 4. The van der Waals surface area contributed by atoms with Crippen LogP contribution in [0.1, 0.15) is 92.1 Å². The van der Waals surface area contributed by atoms with Gasteiger partial charge < -0.3 is 24.1 Å². The Balaban J connectivity index is 2.37. The Hall–Kier alpha value is -3.14. The molecule has 0 aliphatic heterocycles. The summed E-state index contributed by atoms with van der Waals surface area (Å²) in [5, 5.41) is 13.1. The van der Waals surface area contributed by atoms with Gasteiger partial charge in [0.05, 0.1) is 0 Å². The van der Waals surface area contributed by atoms with Crippen LogP contribution in [0.15, 0.2) is 18.2 Å². The molecule has 2 rings (SSSR count). The number of benzene rings is 1. The number of carbonyl (C=O) groups is 4. The molecule has 2 N–H and O–H groups in total. The molecule has 10 nitrogen and oxygen atoms in total. The average Bonchev–Trinajstić information content (AvgIpc) is 2.79. The van der Waals surface area contributed by atoms with Crippen LogP contribution in [0, 0.1) is 11.8 Å². The van der Waals surface area contributed by atoms with E-state index in [0.717, 1.165) is 19.3 Å². The van der Waals surface area contributed by atoms with Gasteiger partial charge in [-0.2, -0.15) is 0 Å². The lowest BCUT2D eigenvalue weighted by Crippen LogP contribution is -2.59. The molecule has 1 aromatic rings. The first-order chi connectivity index (χ1) is 18.3. The molecule has 1 aromatic carbocycles. The number of carbonyl (C=O) groups excluding carboxylic acids is 3. The van der Waals surface area contributed by atoms with Crippen molar-refractivity contribution in [3.8, 4) is 11.5 Å². The van der Waals surface area contributed by atoms with E-state index < -0.39 is 29.8 Å². The summed E-state index contributed by atoms with van der Waals surface area (Å²) >= 11 is 0. The Labute approximate surface area is 230 Å². The minimum absolute atomic E-state index is 0.0242. The van der Waals surface area contributed by atoms with Crippen LogP contribution < -0.4 is 14.8 Å². The zero-order valence-electron chi connectivity index (χ0n) is 23.9. The highest BCUT2D eigenvalue weighted by atomic mass is 16.7. The lowest BCUT2D eigenvalue weighted by Gasteiger charge is -2.33. The van der Waals surface area contributed by atoms with E-state index in [4.69, 9.17) is 18.9 Å². The zero-order valence-corrected chi connectivity index (χ0v) is 23.9. The molecule has 1 atom stereocenters. The van der Waals surface area contributed by atoms with Gasteiger partial charge in [-0.05, 0) is 69.1 Å². The maximum absolute atomic E-state index is 12.7. The van der Waals surface area contributed by atoms with Crippen molar-refractivity contribution in [1.29, 1.82) is 0 Å². The van der Waals surface area contributed by atoms with Crippen molar-refractivity contribution in [2.45, 2.75) is 111 Å². The summed E-state index contributed by atoms with van der Waals surface area (Å²) in [7, 11) is 0. The molecule has 0 spiro atoms. The fourth-order valence-corrected chi connectivity index (χ4v) is 4.36. The molecule has 1 saturated carbocycles. The van der Waals surface area contributed by atoms with Gasteiger partial charge in [-0.25, -0.2) is 9.59 Å². The number of hydrogen-bond donors (Lipinski definition) is 2. The molecule has 0 heterocycles. The molecule has 0 radical (unpaired) electrons. The van der Waals surface area contributed by atoms with E-state index in [0.29, 0.717) is 18.4 Å². The second kappa shape index (κ2) is 14.9. The molecule has 218 valence electrons. The Bertz CT molecular complexity index is 998. The minimum Gasteiger partial charge on any atom is -0.477 e. The van der Waals surface area contributed by atoms with E-state index in [-0.39, 0.29) is 54.7 Å². The maximum atomic E-state index is 12.7. The van der Waals surface area contributed by atoms with Crippen LogP contribution in [0.3, 0.4) is 0 Å². The van der Waals surface area contributed by atoms with Gasteiger partial charge in [0, 0.05) is 25.3 Å². The fraction of sp³-hybridized carbons (Fsp3) is 0.655. The van der Waals surface area contributed by atoms with Crippen molar-refractivity contribution in [1.82, 2.24) is 5.32 Å². The molecule has 0 amide bonds. The van der Waals surface area contributed by atoms with Crippen LogP contribution >= 0.6 is 0 Å². The first-order valence-electron chi connectivity index (χ1n) is 13.7. The van der Waals surface area contributed by atoms with Gasteiger partial charge in [-0.1, -0.05) is 40.2 Å². The molecule has 1 aliphatic carbocycles. The van der Waals surface area contributed by atoms with E-state index in [9.17, 15) is 24.3 Å². The third-order valence-corrected chi connectivity index (χ3v) is 6.00. The Kier molecular flexibility index (Phi) is 12.2. The smallest absolute Gasteiger partial charge is 0.477 e. The molecule has 0 unspecified atom stereocenters. The Morgan fingerprint density at radius 2 is 1.46 bits per heavy atom. The fourth-order valence-electron chi connectivity index (χ4n) is 4.36. The predicted molar refractivity (Wildman–Crippen MR) is 143 cm³/mol. The highest BCUT2D eigenvalue weighted by Crippen LogP contribution is 2.32. The summed E-state index contributed by atoms with van der Waals surface area (Å²) < 4.78 is 21.9. The summed E-state index contributed by atoms with van der Waals surface area (Å²) in [4.78, 5) is 50.0. The summed E-state index contributed by atoms with van der Waals surface area (Å²) in [5.74, 6) is -2.32. The number of carboxylic acid groups (broad SMARTS) is 1. The average molecular weight is 550 g/mol. The first kappa shape index (κ1) is 32.1. The van der Waals surface area contributed by atoms with Crippen LogP contribution in [0.5, 0.6) is 11.5 Å². The van der Waals surface area contributed by atoms with Gasteiger partial charge in [0.2, 0.25) is 0 Å². The predicted octanol–water partition coefficient (Wildman–Crippen LogP) is 5.40. The first-order valence-corrected chi connectivity index (χ1v) is 13.7. The van der Waals surface area contributed by atoms with Crippen molar-refractivity contribution in [3.63, 3.8) is 0 Å². The van der Waals surface area contributed by atoms with Gasteiger partial charge in [0.1, 0.15) is 6.10 Å². The van der Waals surface area contributed by atoms with Crippen LogP contribution in [0.4, 0.5) is 4.79 Å². The molecule has 39 heavy (non-hydrogen) atoms. The summed E-state index contributed by atoms with van der Waals surface area (Å²) in [5.41, 5.74) is -1.79. The van der Waals surface area contributed by atoms with Crippen LogP contribution in [-0.2, 0) is 30.3 Å². The molecule has 1 fully saturated rings. The Morgan fingerprint density at radius 3 is 1.97 bits per heavy atom. The van der Waals surface area contributed by atoms with E-state index >= 15 is 0 Å². The van der Waals surface area contributed by atoms with Crippen molar-refractivity contribution in [2.24, 2.45) is 11.8 Å². The molecule has 0 bridgehead atoms. The number of nitrogens with one attached hydrogen (secondary N) is 1. The van der Waals surface area contributed by atoms with Crippen LogP contribution in [-0.4, -0.2) is 47.0 Å². The molecular weight excluding hydrogens is 506 g/mol. The quantitative estimate of drug-likeness (QED) is 0.187. The van der Waals surface area contributed by atoms with Crippen molar-refractivity contribution >= 4 is 24.1 Å². The van der Waals surface area contributed by atoms with E-state index in [1.165, 1.54) is 18.2 Å². The lowest BCUT2D eigenvalue weighted by molar-refractivity contribution is -0.168. The van der Waals surface area contributed by atoms with Gasteiger partial charge in [-0.3, -0.25) is 14.9 Å². The second-order valence-corrected chi connectivity index (χ2v) is 11.3. The highest BCUT2D eigenvalue weighted by Gasteiger charge is 2.45. The van der Waals surface area contributed by atoms with Crippen LogP contribution in [0.2, 0.25) is 0 Å². The SMILES string of the molecule is CC(C)CC(=O)Oc1ccc(C[C@](NC(C)C)(OC(=O)OC2CCCCC2)C(=O)O)cc1OC(=O)CC(C)C. The number of hydrogen-bond acceptors (Lipinski definition) is 9. The monoisotopic (exact) mass is 549 g/mol. The topological polar surface area (TPSA) is 137 Å². The lowest BCUT2D eigenvalue weighted by atomic mass is 9.98. The third-order valence-electron chi connectivity index (χ3n) is 6.00. The Morgan fingerprint density at radius 1 is 0.897 bits per heavy atom. The highest BCUT2D eigenvalue weighted by molar-refractivity contribution is 5.81.